The van der Waals surface area contributed by atoms with E-state index >= 15 is 0 Å². The summed E-state index contributed by atoms with van der Waals surface area (Å²) in [7, 11) is -18.1. The van der Waals surface area contributed by atoms with Gasteiger partial charge in [-0.25, -0.2) is 16.7 Å². The van der Waals surface area contributed by atoms with E-state index in [0.717, 1.165) is 205 Å². The molecule has 4 N–H and O–H groups in total. The second-order valence-electron chi connectivity index (χ2n) is 19.3. The van der Waals surface area contributed by atoms with Gasteiger partial charge in [0.05, 0.1) is 24.4 Å². The first-order valence-corrected chi connectivity index (χ1v) is 32.2. The fraction of sp³-hybridized carbons (Fsp3) is 0.979. The maximum absolute atomic E-state index is 11.8. The van der Waals surface area contributed by atoms with Gasteiger partial charge >= 0.3 is 41.6 Å². The van der Waals surface area contributed by atoms with E-state index in [0.29, 0.717) is 57.8 Å². The van der Waals surface area contributed by atoms with Crippen LogP contribution in [0.5, 0.6) is 0 Å². The largest absolute Gasteiger partial charge is 0.397 e. The van der Waals surface area contributed by atoms with Crippen LogP contribution in [-0.2, 0) is 63.1 Å². The minimum Gasteiger partial charge on any atom is -0.303 e. The minimum atomic E-state index is -4.58. The van der Waals surface area contributed by atoms with Gasteiger partial charge in [0.2, 0.25) is 0 Å². The molecular weight excluding hydrogens is 977 g/mol. The molecule has 0 bridgehead atoms. The summed E-state index contributed by atoms with van der Waals surface area (Å²) in [6.07, 6.45) is 32.0. The Morgan fingerprint density at radius 1 is 0.290 bits per heavy atom. The van der Waals surface area contributed by atoms with Crippen molar-refractivity contribution in [3.8, 4) is 0 Å². The molecule has 0 spiro atoms. The van der Waals surface area contributed by atoms with E-state index in [1.54, 1.807) is 0 Å². The average Bonchev–Trinajstić information content (AvgIpc) is 3.24. The van der Waals surface area contributed by atoms with Gasteiger partial charge in [-0.1, -0.05) is 206 Å². The zero-order chi connectivity index (χ0) is 51.7. The van der Waals surface area contributed by atoms with Crippen LogP contribution in [0.4, 0.5) is 0 Å². The molecule has 0 aromatic heterocycles. The normalized spacial score (nSPS) is 15.0. The lowest BCUT2D eigenvalue weighted by Gasteiger charge is -2.16. The molecule has 17 nitrogen and oxygen atoms in total. The molecule has 21 heteroatoms. The van der Waals surface area contributed by atoms with Crippen LogP contribution in [-0.4, -0.2) is 82.6 Å². The standard InChI is InChI=1S/C48H96O17S4/c1-3-5-7-25-35-45(62-66(50,51)52)37-27-17-11-9-13-19-29-39-47(64-68(56,57)58)41-31-21-15-16-23-33-44(43-49)34-24-22-32-42-48(65-69(59,60)61)40-30-20-14-10-12-18-28-38-46(63-67(53,54)55)36-26-8-6-4-2/h43-48H,3-42H2,1-2H3,(H,50,51,52)(H,53,54,55)(H,56,57,58)(H,59,60,61). The number of unbranched alkanes of at least 4 members (excludes halogenated alkanes) is 24. The second-order valence-corrected chi connectivity index (χ2v) is 23.5. The van der Waals surface area contributed by atoms with E-state index in [-0.39, 0.29) is 5.92 Å². The van der Waals surface area contributed by atoms with E-state index in [9.17, 15) is 47.6 Å². The fourth-order valence-electron chi connectivity index (χ4n) is 9.05. The predicted octanol–water partition coefficient (Wildman–Crippen LogP) is 13.2. The lowest BCUT2D eigenvalue weighted by Crippen LogP contribution is -2.18. The van der Waals surface area contributed by atoms with Crippen molar-refractivity contribution in [2.24, 2.45) is 5.92 Å². The molecule has 5 unspecified atom stereocenters. The number of carbonyl (C=O) groups excluding carboxylic acids is 1. The minimum absolute atomic E-state index is 0.0607. The van der Waals surface area contributed by atoms with Crippen LogP contribution in [0.25, 0.3) is 0 Å². The Bertz CT molecular complexity index is 1660. The number of hydrogen-bond acceptors (Lipinski definition) is 13. The predicted molar refractivity (Wildman–Crippen MR) is 271 cm³/mol. The third kappa shape index (κ3) is 50.5. The van der Waals surface area contributed by atoms with Gasteiger partial charge in [0, 0.05) is 5.92 Å². The van der Waals surface area contributed by atoms with Crippen LogP contribution in [0.1, 0.15) is 271 Å². The fourth-order valence-corrected chi connectivity index (χ4v) is 11.2. The van der Waals surface area contributed by atoms with Crippen molar-refractivity contribution in [2.75, 3.05) is 0 Å². The Morgan fingerprint density at radius 3 is 0.623 bits per heavy atom. The molecule has 0 aliphatic carbocycles. The van der Waals surface area contributed by atoms with Crippen molar-refractivity contribution in [1.29, 1.82) is 0 Å². The van der Waals surface area contributed by atoms with Gasteiger partial charge in [-0.15, -0.1) is 0 Å². The maximum atomic E-state index is 11.8. The van der Waals surface area contributed by atoms with E-state index in [1.807, 2.05) is 0 Å². The average molecular weight is 1070 g/mol. The lowest BCUT2D eigenvalue weighted by molar-refractivity contribution is -0.111. The highest BCUT2D eigenvalue weighted by Gasteiger charge is 2.20. The summed E-state index contributed by atoms with van der Waals surface area (Å²) in [5.41, 5.74) is 0. The van der Waals surface area contributed by atoms with Crippen molar-refractivity contribution in [2.45, 2.75) is 295 Å². The van der Waals surface area contributed by atoms with Gasteiger partial charge in [0.15, 0.2) is 0 Å². The quantitative estimate of drug-likeness (QED) is 0.0250. The molecule has 0 aliphatic rings. The summed E-state index contributed by atoms with van der Waals surface area (Å²) >= 11 is 0. The molecular formula is C48H96O17S4. The molecule has 0 saturated carbocycles. The van der Waals surface area contributed by atoms with Crippen molar-refractivity contribution >= 4 is 47.9 Å². The van der Waals surface area contributed by atoms with Gasteiger partial charge in [-0.05, 0) is 64.2 Å². The van der Waals surface area contributed by atoms with E-state index < -0.39 is 66.0 Å². The van der Waals surface area contributed by atoms with Gasteiger partial charge in [-0.3, -0.25) is 18.2 Å². The molecule has 0 rings (SSSR count). The molecule has 5 atom stereocenters. The van der Waals surface area contributed by atoms with Crippen molar-refractivity contribution in [3.05, 3.63) is 0 Å². The summed E-state index contributed by atoms with van der Waals surface area (Å²) in [6.45, 7) is 4.20. The highest BCUT2D eigenvalue weighted by molar-refractivity contribution is 7.81. The molecule has 69 heavy (non-hydrogen) atoms. The highest BCUT2D eigenvalue weighted by Crippen LogP contribution is 2.24. The van der Waals surface area contributed by atoms with E-state index in [1.165, 1.54) is 0 Å². The monoisotopic (exact) mass is 1070 g/mol. The summed E-state index contributed by atoms with van der Waals surface area (Å²) in [4.78, 5) is 11.8. The van der Waals surface area contributed by atoms with E-state index in [2.05, 4.69) is 13.8 Å². The number of aldehydes is 1. The molecule has 0 amide bonds. The molecule has 0 heterocycles. The highest BCUT2D eigenvalue weighted by atomic mass is 32.3. The molecule has 0 fully saturated rings. The Balaban J connectivity index is 4.29. The van der Waals surface area contributed by atoms with Gasteiger partial charge in [0.25, 0.3) is 0 Å². The third-order valence-electron chi connectivity index (χ3n) is 12.8. The van der Waals surface area contributed by atoms with Crippen molar-refractivity contribution in [3.63, 3.8) is 0 Å². The first-order valence-electron chi connectivity index (χ1n) is 26.7. The lowest BCUT2D eigenvalue weighted by atomic mass is 9.95. The first kappa shape index (κ1) is 68.2. The SMILES string of the molecule is CCCCCCC(CCCCCCCCCC(CCCCCCCC(C=O)CCCCCC(CCCCCCCCCC(CCCCCC)OS(=O)(=O)O)OS(=O)(=O)O)OS(=O)(=O)O)OS(=O)(=O)O. The smallest absolute Gasteiger partial charge is 0.303 e. The van der Waals surface area contributed by atoms with Crippen LogP contribution < -0.4 is 0 Å². The molecule has 0 aromatic rings. The van der Waals surface area contributed by atoms with Crippen molar-refractivity contribution in [1.82, 2.24) is 0 Å². The summed E-state index contributed by atoms with van der Waals surface area (Å²) in [5.74, 6) is -0.0607. The Kier molecular flexibility index (Phi) is 42.0. The van der Waals surface area contributed by atoms with E-state index in [4.69, 9.17) is 25.8 Å². The summed E-state index contributed by atoms with van der Waals surface area (Å²) in [6, 6.07) is 0. The molecule has 414 valence electrons. The summed E-state index contributed by atoms with van der Waals surface area (Å²) in [5, 5.41) is 0. The summed E-state index contributed by atoms with van der Waals surface area (Å²) < 4.78 is 148. The first-order chi connectivity index (χ1) is 32.7. The molecule has 0 saturated heterocycles. The van der Waals surface area contributed by atoms with Crippen molar-refractivity contribution < 1.29 is 73.4 Å². The topological polar surface area (TPSA) is 271 Å². The van der Waals surface area contributed by atoms with Crippen LogP contribution in [0, 0.1) is 5.92 Å². The van der Waals surface area contributed by atoms with Gasteiger partial charge in [-0.2, -0.15) is 33.7 Å². The number of hydrogen-bond donors (Lipinski definition) is 4. The Morgan fingerprint density at radius 2 is 0.449 bits per heavy atom. The van der Waals surface area contributed by atoms with Crippen LogP contribution in [0.2, 0.25) is 0 Å². The zero-order valence-corrected chi connectivity index (χ0v) is 45.7. The zero-order valence-electron chi connectivity index (χ0n) is 42.5. The molecule has 0 aromatic carbocycles. The second kappa shape index (κ2) is 42.5. The van der Waals surface area contributed by atoms with Crippen LogP contribution in [0.3, 0.4) is 0 Å². The Labute approximate surface area is 420 Å². The maximum Gasteiger partial charge on any atom is 0.397 e. The third-order valence-corrected chi connectivity index (χ3v) is 14.9. The van der Waals surface area contributed by atoms with Gasteiger partial charge < -0.3 is 4.79 Å². The van der Waals surface area contributed by atoms with Gasteiger partial charge in [0.1, 0.15) is 6.29 Å². The van der Waals surface area contributed by atoms with Crippen LogP contribution >= 0.6 is 0 Å². The van der Waals surface area contributed by atoms with Crippen LogP contribution in [0.15, 0.2) is 0 Å². The number of carbonyl (C=O) groups is 1. The molecule has 0 radical (unpaired) electrons. The Hall–Kier alpha value is -0.850. The molecule has 0 aliphatic heterocycles. The number of rotatable bonds is 53.